The number of nitriles is 1. The second kappa shape index (κ2) is 6.03. The summed E-state index contributed by atoms with van der Waals surface area (Å²) in [7, 11) is -2.49. The van der Waals surface area contributed by atoms with E-state index in [0.29, 0.717) is 12.8 Å². The summed E-state index contributed by atoms with van der Waals surface area (Å²) in [6.07, 6.45) is 3.67. The quantitative estimate of drug-likeness (QED) is 0.813. The van der Waals surface area contributed by atoms with Crippen LogP contribution in [0.2, 0.25) is 0 Å². The average molecular weight is 375 g/mol. The minimum Gasteiger partial charge on any atom is -0.207 e. The van der Waals surface area contributed by atoms with Crippen molar-refractivity contribution in [2.45, 2.75) is 42.5 Å². The fourth-order valence-corrected chi connectivity index (χ4v) is 4.40. The minimum absolute atomic E-state index is 0.133. The van der Waals surface area contributed by atoms with E-state index in [1.165, 1.54) is 19.2 Å². The van der Waals surface area contributed by atoms with Gasteiger partial charge in [0.25, 0.3) is 0 Å². The lowest BCUT2D eigenvalue weighted by atomic mass is 9.83. The molecule has 0 radical (unpaired) electrons. The van der Waals surface area contributed by atoms with E-state index in [-0.39, 0.29) is 9.37 Å². The van der Waals surface area contributed by atoms with Gasteiger partial charge in [-0.25, -0.2) is 12.8 Å². The van der Waals surface area contributed by atoms with Crippen molar-refractivity contribution in [1.29, 1.82) is 5.26 Å². The molecule has 1 aliphatic rings. The average Bonchev–Trinajstić information content (AvgIpc) is 2.49. The van der Waals surface area contributed by atoms with E-state index in [9.17, 15) is 18.1 Å². The Hall–Kier alpha value is -0.970. The van der Waals surface area contributed by atoms with Gasteiger partial charge in [0, 0.05) is 7.05 Å². The van der Waals surface area contributed by atoms with Gasteiger partial charge in [-0.3, -0.25) is 0 Å². The summed E-state index contributed by atoms with van der Waals surface area (Å²) in [5.74, 6) is -0.640. The summed E-state index contributed by atoms with van der Waals surface area (Å²) < 4.78 is 40.2. The lowest BCUT2D eigenvalue weighted by Crippen LogP contribution is -2.49. The van der Waals surface area contributed by atoms with Gasteiger partial charge in [0.05, 0.1) is 15.4 Å². The normalized spacial score (nSPS) is 18.4. The minimum atomic E-state index is -3.90. The molecule has 0 aromatic heterocycles. The predicted molar refractivity (Wildman–Crippen MR) is 80.5 cm³/mol. The molecule has 4 nitrogen and oxygen atoms in total. The third-order valence-corrected chi connectivity index (χ3v) is 6.60. The number of rotatable bonds is 3. The molecule has 0 saturated heterocycles. The van der Waals surface area contributed by atoms with Crippen LogP contribution in [0, 0.1) is 17.1 Å². The summed E-state index contributed by atoms with van der Waals surface area (Å²) in [5.41, 5.74) is -1.03. The second-order valence-electron chi connectivity index (χ2n) is 5.25. The van der Waals surface area contributed by atoms with Gasteiger partial charge < -0.3 is 0 Å². The Kier molecular flexibility index (Phi) is 4.71. The van der Waals surface area contributed by atoms with Crippen LogP contribution < -0.4 is 0 Å². The summed E-state index contributed by atoms with van der Waals surface area (Å²) >= 11 is 3.00. The van der Waals surface area contributed by atoms with Gasteiger partial charge in [-0.1, -0.05) is 19.3 Å². The third kappa shape index (κ3) is 2.98. The molecule has 0 heterocycles. The van der Waals surface area contributed by atoms with E-state index in [1.807, 2.05) is 0 Å². The number of sulfonamides is 1. The molecule has 1 saturated carbocycles. The molecule has 0 amide bonds. The maximum atomic E-state index is 13.6. The zero-order valence-corrected chi connectivity index (χ0v) is 14.0. The van der Waals surface area contributed by atoms with E-state index in [2.05, 4.69) is 22.0 Å². The van der Waals surface area contributed by atoms with Crippen molar-refractivity contribution < 1.29 is 12.8 Å². The number of halogens is 2. The molecule has 0 atom stereocenters. The summed E-state index contributed by atoms with van der Waals surface area (Å²) in [4.78, 5) is -0.133. The molecule has 0 aliphatic heterocycles. The maximum absolute atomic E-state index is 13.6. The third-order valence-electron chi connectivity index (χ3n) is 4.04. The van der Waals surface area contributed by atoms with Crippen LogP contribution in [0.1, 0.15) is 32.1 Å². The Morgan fingerprint density at radius 1 is 1.33 bits per heavy atom. The van der Waals surface area contributed by atoms with E-state index in [1.54, 1.807) is 0 Å². The van der Waals surface area contributed by atoms with Crippen LogP contribution in [0.3, 0.4) is 0 Å². The zero-order valence-electron chi connectivity index (χ0n) is 11.6. The Balaban J connectivity index is 2.42. The van der Waals surface area contributed by atoms with E-state index in [0.717, 1.165) is 29.6 Å². The van der Waals surface area contributed by atoms with Crippen LogP contribution in [-0.2, 0) is 10.0 Å². The molecule has 1 fully saturated rings. The molecule has 1 aromatic rings. The van der Waals surface area contributed by atoms with Crippen LogP contribution in [0.5, 0.6) is 0 Å². The first-order valence-corrected chi connectivity index (χ1v) is 8.92. The first-order chi connectivity index (χ1) is 9.83. The van der Waals surface area contributed by atoms with Crippen LogP contribution in [0.4, 0.5) is 4.39 Å². The van der Waals surface area contributed by atoms with Crippen LogP contribution in [-0.4, -0.2) is 25.3 Å². The van der Waals surface area contributed by atoms with Crippen LogP contribution in [0.15, 0.2) is 27.6 Å². The lowest BCUT2D eigenvalue weighted by molar-refractivity contribution is 0.212. The monoisotopic (exact) mass is 374 g/mol. The van der Waals surface area contributed by atoms with Gasteiger partial charge in [0.1, 0.15) is 11.4 Å². The van der Waals surface area contributed by atoms with Crippen molar-refractivity contribution >= 4 is 26.0 Å². The summed E-state index contributed by atoms with van der Waals surface area (Å²) in [6.45, 7) is 0. The fourth-order valence-electron chi connectivity index (χ4n) is 2.66. The molecule has 7 heteroatoms. The van der Waals surface area contributed by atoms with E-state index < -0.39 is 21.4 Å². The Morgan fingerprint density at radius 2 is 1.95 bits per heavy atom. The van der Waals surface area contributed by atoms with Crippen molar-refractivity contribution in [3.8, 4) is 6.07 Å². The van der Waals surface area contributed by atoms with Gasteiger partial charge in [0.15, 0.2) is 0 Å². The van der Waals surface area contributed by atoms with Crippen molar-refractivity contribution in [2.75, 3.05) is 7.05 Å². The smallest absolute Gasteiger partial charge is 0.207 e. The molecular weight excluding hydrogens is 359 g/mol. The van der Waals surface area contributed by atoms with Gasteiger partial charge in [0.2, 0.25) is 10.0 Å². The first-order valence-electron chi connectivity index (χ1n) is 6.69. The number of benzene rings is 1. The Morgan fingerprint density at radius 3 is 2.48 bits per heavy atom. The topological polar surface area (TPSA) is 61.2 Å². The second-order valence-corrected chi connectivity index (χ2v) is 8.08. The van der Waals surface area contributed by atoms with Gasteiger partial charge in [-0.2, -0.15) is 9.57 Å². The van der Waals surface area contributed by atoms with Crippen molar-refractivity contribution in [2.24, 2.45) is 0 Å². The summed E-state index contributed by atoms with van der Waals surface area (Å²) in [5, 5.41) is 9.48. The molecule has 21 heavy (non-hydrogen) atoms. The molecule has 0 spiro atoms. The predicted octanol–water partition coefficient (Wildman–Crippen LogP) is 3.44. The Labute approximate surface area is 132 Å². The lowest BCUT2D eigenvalue weighted by Gasteiger charge is -2.38. The van der Waals surface area contributed by atoms with Gasteiger partial charge >= 0.3 is 0 Å². The molecule has 1 aliphatic carbocycles. The maximum Gasteiger partial charge on any atom is 0.244 e. The van der Waals surface area contributed by atoms with Crippen molar-refractivity contribution in [3.05, 3.63) is 28.5 Å². The fraction of sp³-hybridized carbons (Fsp3) is 0.500. The molecule has 0 N–H and O–H groups in total. The van der Waals surface area contributed by atoms with Crippen LogP contribution in [0.25, 0.3) is 0 Å². The molecule has 0 unspecified atom stereocenters. The molecular formula is C14H16BrFN2O2S. The summed E-state index contributed by atoms with van der Waals surface area (Å²) in [6, 6.07) is 5.84. The molecule has 114 valence electrons. The number of nitrogens with zero attached hydrogens (tertiary/aromatic N) is 2. The highest BCUT2D eigenvalue weighted by Gasteiger charge is 2.42. The molecule has 0 bridgehead atoms. The van der Waals surface area contributed by atoms with E-state index >= 15 is 0 Å². The molecule has 2 rings (SSSR count). The molecule has 1 aromatic carbocycles. The van der Waals surface area contributed by atoms with Crippen molar-refractivity contribution in [1.82, 2.24) is 4.31 Å². The first kappa shape index (κ1) is 16.4. The van der Waals surface area contributed by atoms with Gasteiger partial charge in [-0.15, -0.1) is 0 Å². The standard InChI is InChI=1S/C14H16BrFN2O2S/c1-18(14(10-17)7-3-2-4-8-14)21(19,20)11-5-6-12(15)13(16)9-11/h5-6,9H,2-4,7-8H2,1H3. The SMILES string of the molecule is CN(C1(C#N)CCCCC1)S(=O)(=O)c1ccc(Br)c(F)c1. The van der Waals surface area contributed by atoms with Gasteiger partial charge in [-0.05, 0) is 47.0 Å². The van der Waals surface area contributed by atoms with Crippen LogP contribution >= 0.6 is 15.9 Å². The van der Waals surface area contributed by atoms with Crippen molar-refractivity contribution in [3.63, 3.8) is 0 Å². The highest BCUT2D eigenvalue weighted by atomic mass is 79.9. The highest BCUT2D eigenvalue weighted by molar-refractivity contribution is 9.10. The zero-order chi connectivity index (χ0) is 15.7. The highest BCUT2D eigenvalue weighted by Crippen LogP contribution is 2.36. The number of hydrogen-bond acceptors (Lipinski definition) is 3. The Bertz CT molecular complexity index is 679. The largest absolute Gasteiger partial charge is 0.244 e. The number of hydrogen-bond donors (Lipinski definition) is 0. The van der Waals surface area contributed by atoms with E-state index in [4.69, 9.17) is 0 Å².